The normalized spacial score (nSPS) is 16.4. The highest BCUT2D eigenvalue weighted by Gasteiger charge is 2.32. The van der Waals surface area contributed by atoms with Crippen molar-refractivity contribution in [1.82, 2.24) is 9.78 Å². The molecule has 0 aliphatic carbocycles. The van der Waals surface area contributed by atoms with Gasteiger partial charge >= 0.3 is 0 Å². The van der Waals surface area contributed by atoms with Crippen LogP contribution in [-0.4, -0.2) is 24.8 Å². The Balaban J connectivity index is 2.02. The molecule has 0 bridgehead atoms. The fraction of sp³-hybridized carbons (Fsp3) is 0.375. The number of anilines is 1. The Morgan fingerprint density at radius 2 is 2.08 bits per heavy atom. The molecule has 2 heterocycles. The number of hydrogen-bond acceptors (Lipinski definition) is 5. The number of nitro benzene ring substituents is 1. The molecule has 3 rings (SSSR count). The van der Waals surface area contributed by atoms with Crippen molar-refractivity contribution >= 4 is 39.8 Å². The number of hydrogen-bond donors (Lipinski definition) is 1. The van der Waals surface area contributed by atoms with E-state index in [1.165, 1.54) is 12.1 Å². The van der Waals surface area contributed by atoms with Gasteiger partial charge in [-0.25, -0.2) is 4.68 Å². The van der Waals surface area contributed by atoms with E-state index in [0.717, 1.165) is 11.6 Å². The second-order valence-electron chi connectivity index (χ2n) is 6.96. The van der Waals surface area contributed by atoms with Crippen LogP contribution in [0.5, 0.6) is 0 Å². The van der Waals surface area contributed by atoms with Crippen LogP contribution < -0.4 is 5.32 Å². The van der Waals surface area contributed by atoms with Crippen molar-refractivity contribution in [2.75, 3.05) is 5.32 Å². The summed E-state index contributed by atoms with van der Waals surface area (Å²) in [7, 11) is -1.05. The topological polar surface area (TPSA) is 107 Å². The van der Waals surface area contributed by atoms with Crippen LogP contribution in [0.1, 0.15) is 42.4 Å². The number of nitrogens with one attached hydrogen (secondary N) is 1. The van der Waals surface area contributed by atoms with Gasteiger partial charge in [0.1, 0.15) is 5.82 Å². The molecule has 8 nitrogen and oxygen atoms in total. The molecule has 1 N–H and O–H groups in total. The molecule has 1 amide bonds. The lowest BCUT2D eigenvalue weighted by atomic mass is 10.1. The van der Waals surface area contributed by atoms with E-state index in [0.29, 0.717) is 23.0 Å². The first kappa shape index (κ1) is 18.5. The van der Waals surface area contributed by atoms with Crippen LogP contribution in [0.4, 0.5) is 11.5 Å². The van der Waals surface area contributed by atoms with E-state index < -0.39 is 27.2 Å². The second kappa shape index (κ2) is 6.48. The number of non-ortho nitro benzene ring substituents is 1. The molecular weight excluding hydrogens is 380 g/mol. The van der Waals surface area contributed by atoms with Gasteiger partial charge in [-0.3, -0.25) is 19.1 Å². The highest BCUT2D eigenvalue weighted by Crippen LogP contribution is 2.33. The van der Waals surface area contributed by atoms with Gasteiger partial charge in [-0.05, 0) is 26.8 Å². The molecule has 0 fully saturated rings. The maximum Gasteiger partial charge on any atom is 0.270 e. The number of amides is 1. The molecule has 0 saturated carbocycles. The Bertz CT molecular complexity index is 948. The van der Waals surface area contributed by atoms with Crippen molar-refractivity contribution in [3.05, 3.63) is 50.2 Å². The fourth-order valence-corrected chi connectivity index (χ4v) is 4.18. The summed E-state index contributed by atoms with van der Waals surface area (Å²) in [5.74, 6) is 0.526. The van der Waals surface area contributed by atoms with Gasteiger partial charge in [0, 0.05) is 28.5 Å². The van der Waals surface area contributed by atoms with E-state index in [1.54, 1.807) is 4.68 Å². The molecule has 26 heavy (non-hydrogen) atoms. The van der Waals surface area contributed by atoms with Crippen molar-refractivity contribution in [2.45, 2.75) is 37.8 Å². The zero-order valence-electron chi connectivity index (χ0n) is 14.4. The molecule has 0 saturated heterocycles. The number of carbonyl (C=O) groups is 1. The van der Waals surface area contributed by atoms with Crippen LogP contribution in [0.15, 0.2) is 18.2 Å². The third-order valence-electron chi connectivity index (χ3n) is 3.94. The molecule has 0 unspecified atom stereocenters. The predicted octanol–water partition coefficient (Wildman–Crippen LogP) is 3.21. The zero-order chi connectivity index (χ0) is 19.2. The summed E-state index contributed by atoms with van der Waals surface area (Å²) in [4.78, 5) is 23.1. The zero-order valence-corrected chi connectivity index (χ0v) is 16.0. The highest BCUT2D eigenvalue weighted by atomic mass is 35.5. The quantitative estimate of drug-likeness (QED) is 0.633. The number of rotatable bonds is 3. The Morgan fingerprint density at radius 1 is 1.38 bits per heavy atom. The number of halogens is 1. The maximum absolute atomic E-state index is 12.7. The van der Waals surface area contributed by atoms with Gasteiger partial charge < -0.3 is 5.32 Å². The lowest BCUT2D eigenvalue weighted by molar-refractivity contribution is -0.384. The largest absolute Gasteiger partial charge is 0.306 e. The average Bonchev–Trinajstić information content (AvgIpc) is 3.04. The van der Waals surface area contributed by atoms with Gasteiger partial charge in [0.05, 0.1) is 38.2 Å². The molecule has 1 aromatic carbocycles. The Hall–Kier alpha value is -2.26. The summed E-state index contributed by atoms with van der Waals surface area (Å²) in [5.41, 5.74) is 0.776. The molecule has 1 aliphatic rings. The molecule has 0 spiro atoms. The average molecular weight is 397 g/mol. The molecule has 10 heteroatoms. The number of aromatic nitrogens is 2. The van der Waals surface area contributed by atoms with E-state index in [4.69, 9.17) is 11.6 Å². The standard InChI is InChI=1S/C16H17ClN4O4S/c1-16(2,3)20-14(11-7-26(25)8-13(11)19-20)18-15(22)10-6-9(21(23)24)4-5-12(10)17/h4-6H,7-8H2,1-3H3,(H,18,22)/t26-/m1/s1. The molecule has 1 aliphatic heterocycles. The van der Waals surface area contributed by atoms with Gasteiger partial charge in [-0.1, -0.05) is 11.6 Å². The van der Waals surface area contributed by atoms with Crippen molar-refractivity contribution in [2.24, 2.45) is 0 Å². The predicted molar refractivity (Wildman–Crippen MR) is 98.8 cm³/mol. The summed E-state index contributed by atoms with van der Waals surface area (Å²) in [5, 5.41) is 18.3. The van der Waals surface area contributed by atoms with Crippen molar-refractivity contribution in [1.29, 1.82) is 0 Å². The van der Waals surface area contributed by atoms with Crippen molar-refractivity contribution in [3.63, 3.8) is 0 Å². The summed E-state index contributed by atoms with van der Waals surface area (Å²) in [6.07, 6.45) is 0. The summed E-state index contributed by atoms with van der Waals surface area (Å²) < 4.78 is 13.5. The third kappa shape index (κ3) is 3.36. The Labute approximate surface area is 157 Å². The summed E-state index contributed by atoms with van der Waals surface area (Å²) in [6.45, 7) is 5.80. The van der Waals surface area contributed by atoms with Crippen molar-refractivity contribution < 1.29 is 13.9 Å². The van der Waals surface area contributed by atoms with Crippen LogP contribution >= 0.6 is 11.6 Å². The van der Waals surface area contributed by atoms with E-state index in [9.17, 15) is 19.1 Å². The molecule has 0 radical (unpaired) electrons. The van der Waals surface area contributed by atoms with Crippen LogP contribution in [0.3, 0.4) is 0 Å². The van der Waals surface area contributed by atoms with Crippen molar-refractivity contribution in [3.8, 4) is 0 Å². The fourth-order valence-electron chi connectivity index (χ4n) is 2.72. The molecule has 138 valence electrons. The number of benzene rings is 1. The lowest BCUT2D eigenvalue weighted by Crippen LogP contribution is -2.27. The van der Waals surface area contributed by atoms with Gasteiger partial charge in [0.25, 0.3) is 11.6 Å². The minimum Gasteiger partial charge on any atom is -0.306 e. The Kier molecular flexibility index (Phi) is 4.61. The van der Waals surface area contributed by atoms with E-state index in [2.05, 4.69) is 10.4 Å². The second-order valence-corrected chi connectivity index (χ2v) is 8.82. The van der Waals surface area contributed by atoms with Crippen LogP contribution in [0, 0.1) is 10.1 Å². The maximum atomic E-state index is 12.7. The monoisotopic (exact) mass is 396 g/mol. The first-order valence-corrected chi connectivity index (χ1v) is 9.66. The van der Waals surface area contributed by atoms with Crippen LogP contribution in [0.2, 0.25) is 5.02 Å². The Morgan fingerprint density at radius 3 is 2.69 bits per heavy atom. The number of nitrogens with zero attached hydrogens (tertiary/aromatic N) is 3. The summed E-state index contributed by atoms with van der Waals surface area (Å²) in [6, 6.07) is 3.68. The van der Waals surface area contributed by atoms with E-state index >= 15 is 0 Å². The molecule has 1 aromatic heterocycles. The molecular formula is C16H17ClN4O4S. The van der Waals surface area contributed by atoms with Gasteiger partial charge in [0.2, 0.25) is 0 Å². The first-order valence-electron chi connectivity index (χ1n) is 7.79. The number of nitro groups is 1. The minimum absolute atomic E-state index is 0.00426. The lowest BCUT2D eigenvalue weighted by Gasteiger charge is -2.23. The van der Waals surface area contributed by atoms with E-state index in [1.807, 2.05) is 20.8 Å². The molecule has 1 atom stereocenters. The third-order valence-corrected chi connectivity index (χ3v) is 5.48. The minimum atomic E-state index is -1.05. The highest BCUT2D eigenvalue weighted by molar-refractivity contribution is 7.83. The van der Waals surface area contributed by atoms with Crippen LogP contribution in [0.25, 0.3) is 0 Å². The molecule has 2 aromatic rings. The van der Waals surface area contributed by atoms with Gasteiger partial charge in [-0.15, -0.1) is 0 Å². The van der Waals surface area contributed by atoms with Crippen LogP contribution in [-0.2, 0) is 27.8 Å². The van der Waals surface area contributed by atoms with Gasteiger partial charge in [0.15, 0.2) is 0 Å². The SMILES string of the molecule is CC(C)(C)n1nc2c(c1NC(=O)c1cc([N+](=O)[O-])ccc1Cl)C[S@@](=O)C2. The summed E-state index contributed by atoms with van der Waals surface area (Å²) >= 11 is 6.05. The number of carbonyl (C=O) groups excluding carboxylic acids is 1. The van der Waals surface area contributed by atoms with E-state index in [-0.39, 0.29) is 16.3 Å². The van der Waals surface area contributed by atoms with Gasteiger partial charge in [-0.2, -0.15) is 5.10 Å². The smallest absolute Gasteiger partial charge is 0.270 e. The first-order chi connectivity index (χ1) is 12.1. The number of fused-ring (bicyclic) bond motifs is 1.